The first-order valence-electron chi connectivity index (χ1n) is 6.72. The summed E-state index contributed by atoms with van der Waals surface area (Å²) in [4.78, 5) is 24.9. The molecule has 0 aliphatic carbocycles. The van der Waals surface area contributed by atoms with Crippen molar-refractivity contribution in [2.24, 2.45) is 11.7 Å². The van der Waals surface area contributed by atoms with E-state index in [0.717, 1.165) is 45.3 Å². The molecule has 0 aromatic carbocycles. The number of primary amides is 1. The monoisotopic (exact) mass is 254 g/mol. The lowest BCUT2D eigenvalue weighted by Crippen LogP contribution is -2.49. The number of carbonyl (C=O) groups excluding carboxylic acids is 2. The largest absolute Gasteiger partial charge is 0.352 e. The highest BCUT2D eigenvalue weighted by Gasteiger charge is 2.30. The number of amides is 3. The molecule has 2 saturated heterocycles. The SMILES string of the molecule is NC(=O)NCC1CCCN(C(=O)C2CCCN2)C1. The van der Waals surface area contributed by atoms with Crippen LogP contribution in [0.2, 0.25) is 0 Å². The number of piperidine rings is 1. The number of hydrogen-bond acceptors (Lipinski definition) is 3. The van der Waals surface area contributed by atoms with Gasteiger partial charge < -0.3 is 21.3 Å². The predicted molar refractivity (Wildman–Crippen MR) is 67.9 cm³/mol. The van der Waals surface area contributed by atoms with E-state index >= 15 is 0 Å². The van der Waals surface area contributed by atoms with Crippen LogP contribution in [0.15, 0.2) is 0 Å². The lowest BCUT2D eigenvalue weighted by Gasteiger charge is -2.34. The topological polar surface area (TPSA) is 87.5 Å². The van der Waals surface area contributed by atoms with Crippen molar-refractivity contribution in [3.8, 4) is 0 Å². The third-order valence-electron chi connectivity index (χ3n) is 3.75. The van der Waals surface area contributed by atoms with E-state index in [9.17, 15) is 9.59 Å². The molecule has 4 N–H and O–H groups in total. The first-order valence-corrected chi connectivity index (χ1v) is 6.72. The summed E-state index contributed by atoms with van der Waals surface area (Å²) in [5.74, 6) is 0.549. The molecule has 2 rings (SSSR count). The second-order valence-corrected chi connectivity index (χ2v) is 5.19. The van der Waals surface area contributed by atoms with Gasteiger partial charge in [0.15, 0.2) is 0 Å². The van der Waals surface area contributed by atoms with Crippen molar-refractivity contribution in [1.29, 1.82) is 0 Å². The molecule has 102 valence electrons. The number of nitrogens with two attached hydrogens (primary N) is 1. The summed E-state index contributed by atoms with van der Waals surface area (Å²) < 4.78 is 0. The molecule has 2 unspecified atom stereocenters. The summed E-state index contributed by atoms with van der Waals surface area (Å²) in [5, 5.41) is 5.87. The maximum absolute atomic E-state index is 12.2. The highest BCUT2D eigenvalue weighted by molar-refractivity contribution is 5.82. The third kappa shape index (κ3) is 3.35. The Balaban J connectivity index is 1.81. The summed E-state index contributed by atoms with van der Waals surface area (Å²) in [7, 11) is 0. The lowest BCUT2D eigenvalue weighted by atomic mass is 9.97. The second-order valence-electron chi connectivity index (χ2n) is 5.19. The molecule has 2 aliphatic heterocycles. The molecular formula is C12H22N4O2. The summed E-state index contributed by atoms with van der Waals surface area (Å²) >= 11 is 0. The van der Waals surface area contributed by atoms with Gasteiger partial charge in [-0.05, 0) is 38.1 Å². The molecule has 2 atom stereocenters. The Labute approximate surface area is 107 Å². The average Bonchev–Trinajstić information content (AvgIpc) is 2.89. The van der Waals surface area contributed by atoms with Crippen LogP contribution in [0.3, 0.4) is 0 Å². The van der Waals surface area contributed by atoms with Gasteiger partial charge in [0.25, 0.3) is 0 Å². The van der Waals surface area contributed by atoms with Crippen LogP contribution >= 0.6 is 0 Å². The van der Waals surface area contributed by atoms with Gasteiger partial charge in [-0.1, -0.05) is 0 Å². The fraction of sp³-hybridized carbons (Fsp3) is 0.833. The minimum absolute atomic E-state index is 0.00727. The minimum Gasteiger partial charge on any atom is -0.352 e. The smallest absolute Gasteiger partial charge is 0.312 e. The maximum Gasteiger partial charge on any atom is 0.312 e. The van der Waals surface area contributed by atoms with E-state index in [1.54, 1.807) is 0 Å². The Morgan fingerprint density at radius 1 is 1.33 bits per heavy atom. The van der Waals surface area contributed by atoms with Gasteiger partial charge in [0.05, 0.1) is 6.04 Å². The molecule has 2 fully saturated rings. The van der Waals surface area contributed by atoms with Crippen molar-refractivity contribution >= 4 is 11.9 Å². The molecule has 0 radical (unpaired) electrons. The normalized spacial score (nSPS) is 28.1. The second kappa shape index (κ2) is 6.04. The molecule has 0 aromatic rings. The third-order valence-corrected chi connectivity index (χ3v) is 3.75. The summed E-state index contributed by atoms with van der Waals surface area (Å²) in [6.07, 6.45) is 4.07. The fourth-order valence-corrected chi connectivity index (χ4v) is 2.79. The Hall–Kier alpha value is -1.30. The fourth-order valence-electron chi connectivity index (χ4n) is 2.79. The molecule has 0 bridgehead atoms. The van der Waals surface area contributed by atoms with E-state index in [-0.39, 0.29) is 11.9 Å². The van der Waals surface area contributed by atoms with Gasteiger partial charge >= 0.3 is 6.03 Å². The van der Waals surface area contributed by atoms with Crippen LogP contribution in [0.1, 0.15) is 25.7 Å². The van der Waals surface area contributed by atoms with Crippen molar-refractivity contribution in [3.05, 3.63) is 0 Å². The standard InChI is InChI=1S/C12H22N4O2/c13-12(18)15-7-9-3-2-6-16(8-9)11(17)10-4-1-5-14-10/h9-10,14H,1-8H2,(H3,13,15,18). The number of likely N-dealkylation sites (tertiary alicyclic amines) is 1. The van der Waals surface area contributed by atoms with Gasteiger partial charge in [-0.3, -0.25) is 4.79 Å². The number of nitrogens with one attached hydrogen (secondary N) is 2. The summed E-state index contributed by atoms with van der Waals surface area (Å²) in [6, 6.07) is -0.483. The first-order chi connectivity index (χ1) is 8.66. The molecule has 6 heteroatoms. The number of hydrogen-bond donors (Lipinski definition) is 3. The van der Waals surface area contributed by atoms with Gasteiger partial charge in [-0.25, -0.2) is 4.79 Å². The van der Waals surface area contributed by atoms with Gasteiger partial charge in [0.2, 0.25) is 5.91 Å². The molecule has 3 amide bonds. The number of urea groups is 1. The van der Waals surface area contributed by atoms with Crippen LogP contribution in [0.5, 0.6) is 0 Å². The zero-order chi connectivity index (χ0) is 13.0. The Morgan fingerprint density at radius 2 is 2.17 bits per heavy atom. The summed E-state index contributed by atoms with van der Waals surface area (Å²) in [5.41, 5.74) is 5.06. The van der Waals surface area contributed by atoms with Crippen molar-refractivity contribution in [3.63, 3.8) is 0 Å². The van der Waals surface area contributed by atoms with Gasteiger partial charge in [-0.15, -0.1) is 0 Å². The number of carbonyl (C=O) groups is 2. The Morgan fingerprint density at radius 3 is 2.83 bits per heavy atom. The number of rotatable bonds is 3. The minimum atomic E-state index is -0.490. The quantitative estimate of drug-likeness (QED) is 0.643. The van der Waals surface area contributed by atoms with E-state index < -0.39 is 6.03 Å². The molecule has 2 aliphatic rings. The molecule has 0 aromatic heterocycles. The van der Waals surface area contributed by atoms with E-state index in [4.69, 9.17) is 5.73 Å². The molecule has 6 nitrogen and oxygen atoms in total. The zero-order valence-electron chi connectivity index (χ0n) is 10.7. The maximum atomic E-state index is 12.2. The van der Waals surface area contributed by atoms with Crippen molar-refractivity contribution in [1.82, 2.24) is 15.5 Å². The van der Waals surface area contributed by atoms with Crippen molar-refractivity contribution in [2.45, 2.75) is 31.7 Å². The van der Waals surface area contributed by atoms with Crippen LogP contribution < -0.4 is 16.4 Å². The van der Waals surface area contributed by atoms with Crippen LogP contribution in [0, 0.1) is 5.92 Å². The van der Waals surface area contributed by atoms with Gasteiger partial charge in [0, 0.05) is 19.6 Å². The van der Waals surface area contributed by atoms with Crippen LogP contribution in [-0.4, -0.2) is 49.1 Å². The first kappa shape index (κ1) is 13.1. The number of nitrogens with zero attached hydrogens (tertiary/aromatic N) is 1. The van der Waals surface area contributed by atoms with Gasteiger partial charge in [0.1, 0.15) is 0 Å². The lowest BCUT2D eigenvalue weighted by molar-refractivity contribution is -0.134. The highest BCUT2D eigenvalue weighted by Crippen LogP contribution is 2.18. The zero-order valence-corrected chi connectivity index (χ0v) is 10.7. The molecule has 18 heavy (non-hydrogen) atoms. The molecular weight excluding hydrogens is 232 g/mol. The summed E-state index contributed by atoms with van der Waals surface area (Å²) in [6.45, 7) is 3.08. The van der Waals surface area contributed by atoms with E-state index in [1.807, 2.05) is 4.90 Å². The van der Waals surface area contributed by atoms with E-state index in [1.165, 1.54) is 0 Å². The van der Waals surface area contributed by atoms with Gasteiger partial charge in [-0.2, -0.15) is 0 Å². The van der Waals surface area contributed by atoms with Crippen LogP contribution in [0.25, 0.3) is 0 Å². The average molecular weight is 254 g/mol. The molecule has 0 saturated carbocycles. The Kier molecular flexibility index (Phi) is 4.41. The van der Waals surface area contributed by atoms with Crippen LogP contribution in [0.4, 0.5) is 4.79 Å². The van der Waals surface area contributed by atoms with E-state index in [0.29, 0.717) is 12.5 Å². The van der Waals surface area contributed by atoms with Crippen molar-refractivity contribution < 1.29 is 9.59 Å². The molecule has 2 heterocycles. The Bertz CT molecular complexity index is 315. The van der Waals surface area contributed by atoms with E-state index in [2.05, 4.69) is 10.6 Å². The van der Waals surface area contributed by atoms with Crippen LogP contribution in [-0.2, 0) is 4.79 Å². The predicted octanol–water partition coefficient (Wildman–Crippen LogP) is -0.355. The van der Waals surface area contributed by atoms with Crippen molar-refractivity contribution in [2.75, 3.05) is 26.2 Å². The highest BCUT2D eigenvalue weighted by atomic mass is 16.2. The molecule has 0 spiro atoms.